The second-order valence-electron chi connectivity index (χ2n) is 9.21. The van der Waals surface area contributed by atoms with E-state index < -0.39 is 11.3 Å². The van der Waals surface area contributed by atoms with Gasteiger partial charge in [-0.25, -0.2) is 0 Å². The van der Waals surface area contributed by atoms with Gasteiger partial charge in [-0.05, 0) is 50.3 Å². The summed E-state index contributed by atoms with van der Waals surface area (Å²) in [6.07, 6.45) is 5.54. The number of ether oxygens (including phenoxy) is 1. The van der Waals surface area contributed by atoms with Crippen molar-refractivity contribution in [3.8, 4) is 0 Å². The van der Waals surface area contributed by atoms with Gasteiger partial charge in [-0.2, -0.15) is 0 Å². The third-order valence-electron chi connectivity index (χ3n) is 6.83. The molecular weight excluding hydrogens is 432 g/mol. The first-order valence-electron chi connectivity index (χ1n) is 11.9. The lowest BCUT2D eigenvalue weighted by molar-refractivity contribution is -0.160. The molecule has 1 N–H and O–H groups in total. The van der Waals surface area contributed by atoms with Crippen LogP contribution in [-0.4, -0.2) is 29.8 Å². The number of carbonyl (C=O) groups excluding carboxylic acids is 3. The Labute approximate surface area is 200 Å². The number of piperidine rings is 1. The molecular formula is C27H32N2O5. The first kappa shape index (κ1) is 23.8. The molecule has 2 aromatic rings. The number of methoxy groups -OCH3 is 1. The third kappa shape index (κ3) is 4.93. The zero-order valence-electron chi connectivity index (χ0n) is 19.8. The first-order chi connectivity index (χ1) is 16.4. The molecule has 4 rings (SSSR count). The van der Waals surface area contributed by atoms with Gasteiger partial charge in [-0.1, -0.05) is 42.8 Å². The maximum absolute atomic E-state index is 13.7. The number of allylic oxidation sites excluding steroid dienone is 1. The zero-order valence-corrected chi connectivity index (χ0v) is 19.8. The van der Waals surface area contributed by atoms with Gasteiger partial charge in [0, 0.05) is 18.0 Å². The Hall–Kier alpha value is -3.35. The van der Waals surface area contributed by atoms with Gasteiger partial charge in [0.1, 0.15) is 16.9 Å². The second kappa shape index (κ2) is 10.3. The Kier molecular flexibility index (Phi) is 7.20. The van der Waals surface area contributed by atoms with E-state index in [0.717, 1.165) is 36.3 Å². The number of fused-ring (bicyclic) bond motifs is 1. The van der Waals surface area contributed by atoms with Crippen molar-refractivity contribution in [2.75, 3.05) is 7.11 Å². The highest BCUT2D eigenvalue weighted by molar-refractivity contribution is 5.92. The Balaban J connectivity index is 1.60. The van der Waals surface area contributed by atoms with E-state index in [1.165, 1.54) is 7.11 Å². The molecule has 1 aromatic carbocycles. The third-order valence-corrected chi connectivity index (χ3v) is 6.83. The summed E-state index contributed by atoms with van der Waals surface area (Å²) in [5.41, 5.74) is 0.781. The van der Waals surface area contributed by atoms with Crippen LogP contribution >= 0.6 is 0 Å². The van der Waals surface area contributed by atoms with Gasteiger partial charge < -0.3 is 19.4 Å². The minimum absolute atomic E-state index is 0.00976. The molecule has 0 saturated carbocycles. The van der Waals surface area contributed by atoms with Crippen LogP contribution in [0.2, 0.25) is 0 Å². The van der Waals surface area contributed by atoms with Crippen molar-refractivity contribution in [1.29, 1.82) is 0 Å². The van der Waals surface area contributed by atoms with Gasteiger partial charge in [0.05, 0.1) is 20.2 Å². The van der Waals surface area contributed by atoms with Crippen molar-refractivity contribution in [2.45, 2.75) is 58.5 Å². The van der Waals surface area contributed by atoms with E-state index in [1.807, 2.05) is 55.5 Å². The minimum atomic E-state index is -0.920. The van der Waals surface area contributed by atoms with Crippen LogP contribution in [0.25, 0.3) is 0 Å². The molecule has 0 bridgehead atoms. The molecule has 1 aliphatic heterocycles. The van der Waals surface area contributed by atoms with E-state index in [1.54, 1.807) is 4.90 Å². The predicted octanol–water partition coefficient (Wildman–Crippen LogP) is 4.26. The number of carbonyl (C=O) groups is 3. The quantitative estimate of drug-likeness (QED) is 0.619. The number of rotatable bonds is 7. The van der Waals surface area contributed by atoms with Crippen LogP contribution < -0.4 is 5.32 Å². The molecule has 0 unspecified atom stereocenters. The topological polar surface area (TPSA) is 88.8 Å². The van der Waals surface area contributed by atoms with E-state index in [2.05, 4.69) is 5.32 Å². The largest absolute Gasteiger partial charge is 0.468 e. The number of nitrogens with zero attached hydrogens (tertiary/aromatic N) is 1. The van der Waals surface area contributed by atoms with Crippen LogP contribution in [0.1, 0.15) is 55.6 Å². The van der Waals surface area contributed by atoms with Crippen molar-refractivity contribution < 1.29 is 23.5 Å². The summed E-state index contributed by atoms with van der Waals surface area (Å²) in [7, 11) is 1.39. The molecule has 1 aliphatic carbocycles. The molecule has 2 aliphatic rings. The number of amides is 2. The minimum Gasteiger partial charge on any atom is -0.468 e. The molecule has 0 spiro atoms. The average Bonchev–Trinajstić information content (AvgIpc) is 3.14. The lowest BCUT2D eigenvalue weighted by Gasteiger charge is -2.46. The number of hydrogen-bond acceptors (Lipinski definition) is 5. The fourth-order valence-electron chi connectivity index (χ4n) is 5.19. The van der Waals surface area contributed by atoms with Crippen LogP contribution in [0.3, 0.4) is 0 Å². The smallest absolute Gasteiger partial charge is 0.317 e. The summed E-state index contributed by atoms with van der Waals surface area (Å²) >= 11 is 0. The number of aryl methyl sites for hydroxylation is 1. The van der Waals surface area contributed by atoms with E-state index >= 15 is 0 Å². The molecule has 1 aromatic heterocycles. The fourth-order valence-corrected chi connectivity index (χ4v) is 5.19. The lowest BCUT2D eigenvalue weighted by atomic mass is 9.69. The van der Waals surface area contributed by atoms with Gasteiger partial charge in [0.15, 0.2) is 0 Å². The molecule has 1 fully saturated rings. The van der Waals surface area contributed by atoms with Gasteiger partial charge in [-0.3, -0.25) is 14.4 Å². The summed E-state index contributed by atoms with van der Waals surface area (Å²) in [6.45, 7) is 2.46. The SMILES string of the molecule is COC(=O)[C@]12CCCCC=C1N(Cc1ccccc1)C(=O)[C@H](CC(=O)NCc1ccc(C)o1)C2. The van der Waals surface area contributed by atoms with Crippen molar-refractivity contribution in [1.82, 2.24) is 10.2 Å². The molecule has 0 radical (unpaired) electrons. The molecule has 1 saturated heterocycles. The predicted molar refractivity (Wildman–Crippen MR) is 126 cm³/mol. The van der Waals surface area contributed by atoms with E-state index in [0.29, 0.717) is 18.7 Å². The Morgan fingerprint density at radius 1 is 1.18 bits per heavy atom. The van der Waals surface area contributed by atoms with Crippen LogP contribution in [0.4, 0.5) is 0 Å². The summed E-state index contributed by atoms with van der Waals surface area (Å²) in [5.74, 6) is 0.121. The standard InChI is InChI=1S/C27H32N2O5/c1-19-12-13-22(34-19)17-28-24(30)15-21-16-27(26(32)33-2)14-8-4-7-11-23(27)29(25(21)31)18-20-9-5-3-6-10-20/h3,5-6,9-13,21H,4,7-8,14-18H2,1-2H3,(H,28,30)/t21-,27+/m1/s1. The lowest BCUT2D eigenvalue weighted by Crippen LogP contribution is -2.53. The zero-order chi connectivity index (χ0) is 24.1. The van der Waals surface area contributed by atoms with Gasteiger partial charge in [-0.15, -0.1) is 0 Å². The van der Waals surface area contributed by atoms with Crippen molar-refractivity contribution in [2.24, 2.45) is 11.3 Å². The van der Waals surface area contributed by atoms with Gasteiger partial charge in [0.2, 0.25) is 11.8 Å². The normalized spacial score (nSPS) is 22.4. The molecule has 7 heteroatoms. The summed E-state index contributed by atoms with van der Waals surface area (Å²) < 4.78 is 10.8. The van der Waals surface area contributed by atoms with Crippen LogP contribution in [0, 0.1) is 18.3 Å². The summed E-state index contributed by atoms with van der Waals surface area (Å²) in [4.78, 5) is 41.4. The van der Waals surface area contributed by atoms with Crippen molar-refractivity contribution in [3.05, 3.63) is 71.3 Å². The summed E-state index contributed by atoms with van der Waals surface area (Å²) in [6, 6.07) is 13.4. The number of furan rings is 1. The van der Waals surface area contributed by atoms with Gasteiger partial charge >= 0.3 is 5.97 Å². The molecule has 2 heterocycles. The second-order valence-corrected chi connectivity index (χ2v) is 9.21. The van der Waals surface area contributed by atoms with Crippen molar-refractivity contribution in [3.63, 3.8) is 0 Å². The van der Waals surface area contributed by atoms with Crippen LogP contribution in [0.15, 0.2) is 58.7 Å². The maximum Gasteiger partial charge on any atom is 0.317 e. The average molecular weight is 465 g/mol. The molecule has 34 heavy (non-hydrogen) atoms. The van der Waals surface area contributed by atoms with Crippen LogP contribution in [0.5, 0.6) is 0 Å². The molecule has 180 valence electrons. The highest BCUT2D eigenvalue weighted by Gasteiger charge is 2.53. The first-order valence-corrected chi connectivity index (χ1v) is 11.9. The van der Waals surface area contributed by atoms with Gasteiger partial charge in [0.25, 0.3) is 0 Å². The molecule has 2 atom stereocenters. The molecule has 7 nitrogen and oxygen atoms in total. The van der Waals surface area contributed by atoms with E-state index in [4.69, 9.17) is 9.15 Å². The fraction of sp³-hybridized carbons (Fsp3) is 0.444. The number of nitrogens with one attached hydrogen (secondary N) is 1. The van der Waals surface area contributed by atoms with E-state index in [-0.39, 0.29) is 37.2 Å². The highest BCUT2D eigenvalue weighted by atomic mass is 16.5. The number of esters is 1. The maximum atomic E-state index is 13.7. The summed E-state index contributed by atoms with van der Waals surface area (Å²) in [5, 5.41) is 2.85. The highest BCUT2D eigenvalue weighted by Crippen LogP contribution is 2.49. The number of hydrogen-bond donors (Lipinski definition) is 1. The Morgan fingerprint density at radius 3 is 2.68 bits per heavy atom. The number of benzene rings is 1. The van der Waals surface area contributed by atoms with Crippen LogP contribution in [-0.2, 0) is 32.2 Å². The monoisotopic (exact) mass is 464 g/mol. The number of likely N-dealkylation sites (tertiary alicyclic amines) is 1. The Morgan fingerprint density at radius 2 is 1.97 bits per heavy atom. The van der Waals surface area contributed by atoms with Crippen molar-refractivity contribution >= 4 is 17.8 Å². The van der Waals surface area contributed by atoms with E-state index in [9.17, 15) is 14.4 Å². The Bertz CT molecular complexity index is 1070. The molecule has 2 amide bonds.